The lowest BCUT2D eigenvalue weighted by Gasteiger charge is -2.28. The highest BCUT2D eigenvalue weighted by Gasteiger charge is 2.14. The van der Waals surface area contributed by atoms with E-state index in [4.69, 9.17) is 5.73 Å². The van der Waals surface area contributed by atoms with Crippen molar-refractivity contribution in [2.75, 3.05) is 18.5 Å². The molecule has 0 radical (unpaired) electrons. The number of benzene rings is 1. The molecule has 1 aromatic rings. The topological polar surface area (TPSA) is 29.3 Å². The largest absolute Gasteiger partial charge is 0.374 e. The van der Waals surface area contributed by atoms with Crippen LogP contribution < -0.4 is 10.6 Å². The number of aryl methyl sites for hydroxylation is 1. The van der Waals surface area contributed by atoms with Crippen LogP contribution in [0.2, 0.25) is 0 Å². The molecule has 0 aliphatic carbocycles. The molecule has 1 aliphatic rings. The van der Waals surface area contributed by atoms with Crippen molar-refractivity contribution in [2.24, 2.45) is 5.73 Å². The highest BCUT2D eigenvalue weighted by molar-refractivity contribution is 5.85. The van der Waals surface area contributed by atoms with Crippen molar-refractivity contribution in [3.05, 3.63) is 29.3 Å². The Morgan fingerprint density at radius 1 is 1.41 bits per heavy atom. The number of anilines is 1. The third-order valence-electron chi connectivity index (χ3n) is 3.52. The van der Waals surface area contributed by atoms with Crippen molar-refractivity contribution < 1.29 is 0 Å². The van der Waals surface area contributed by atoms with Gasteiger partial charge < -0.3 is 10.6 Å². The Balaban J connectivity index is 0.00000144. The van der Waals surface area contributed by atoms with Gasteiger partial charge in [-0.25, -0.2) is 0 Å². The van der Waals surface area contributed by atoms with Crippen LogP contribution in [0.5, 0.6) is 0 Å². The van der Waals surface area contributed by atoms with Crippen LogP contribution in [0.4, 0.5) is 5.69 Å². The molecule has 96 valence electrons. The van der Waals surface area contributed by atoms with Gasteiger partial charge in [0.1, 0.15) is 0 Å². The van der Waals surface area contributed by atoms with Gasteiger partial charge in [0.25, 0.3) is 0 Å². The van der Waals surface area contributed by atoms with Crippen LogP contribution >= 0.6 is 12.4 Å². The lowest BCUT2D eigenvalue weighted by atomic mass is 9.96. The Bertz CT molecular complexity index is 365. The SMILES string of the molecule is CCC(N)Cc1ccc2c(c1)CCCN2C.Cl. The van der Waals surface area contributed by atoms with E-state index in [9.17, 15) is 0 Å². The van der Waals surface area contributed by atoms with E-state index in [1.54, 1.807) is 0 Å². The lowest BCUT2D eigenvalue weighted by molar-refractivity contribution is 0.645. The summed E-state index contributed by atoms with van der Waals surface area (Å²) >= 11 is 0. The first-order valence-electron chi connectivity index (χ1n) is 6.29. The number of fused-ring (bicyclic) bond motifs is 1. The third-order valence-corrected chi connectivity index (χ3v) is 3.52. The molecule has 0 bridgehead atoms. The Morgan fingerprint density at radius 3 is 2.88 bits per heavy atom. The molecule has 1 atom stereocenters. The van der Waals surface area contributed by atoms with Crippen molar-refractivity contribution in [1.82, 2.24) is 0 Å². The normalized spacial score (nSPS) is 16.1. The Morgan fingerprint density at radius 2 is 2.18 bits per heavy atom. The molecule has 3 heteroatoms. The van der Waals surface area contributed by atoms with E-state index >= 15 is 0 Å². The smallest absolute Gasteiger partial charge is 0.0396 e. The summed E-state index contributed by atoms with van der Waals surface area (Å²) in [5.74, 6) is 0. The first-order chi connectivity index (χ1) is 7.70. The Kier molecular flexibility index (Phi) is 5.29. The predicted molar refractivity (Wildman–Crippen MR) is 77.3 cm³/mol. The minimum atomic E-state index is 0. The molecule has 1 aromatic carbocycles. The molecule has 1 unspecified atom stereocenters. The fraction of sp³-hybridized carbons (Fsp3) is 0.571. The van der Waals surface area contributed by atoms with Crippen LogP contribution in [0.15, 0.2) is 18.2 Å². The first kappa shape index (κ1) is 14.3. The van der Waals surface area contributed by atoms with Crippen LogP contribution in [-0.2, 0) is 12.8 Å². The van der Waals surface area contributed by atoms with Gasteiger partial charge in [0, 0.05) is 25.3 Å². The zero-order valence-corrected chi connectivity index (χ0v) is 11.6. The highest BCUT2D eigenvalue weighted by Crippen LogP contribution is 2.27. The van der Waals surface area contributed by atoms with E-state index in [-0.39, 0.29) is 12.4 Å². The van der Waals surface area contributed by atoms with Crippen molar-refractivity contribution in [3.63, 3.8) is 0 Å². The van der Waals surface area contributed by atoms with E-state index in [0.717, 1.165) is 12.8 Å². The number of nitrogens with zero attached hydrogens (tertiary/aromatic N) is 1. The molecule has 1 aliphatic heterocycles. The maximum Gasteiger partial charge on any atom is 0.0396 e. The summed E-state index contributed by atoms with van der Waals surface area (Å²) in [6.07, 6.45) is 4.55. The molecule has 0 amide bonds. The molecule has 0 fully saturated rings. The van der Waals surface area contributed by atoms with Crippen LogP contribution in [0.25, 0.3) is 0 Å². The van der Waals surface area contributed by atoms with Crippen LogP contribution in [-0.4, -0.2) is 19.6 Å². The van der Waals surface area contributed by atoms with Crippen LogP contribution in [0, 0.1) is 0 Å². The fourth-order valence-electron chi connectivity index (χ4n) is 2.41. The molecule has 1 heterocycles. The van der Waals surface area contributed by atoms with E-state index in [0.29, 0.717) is 6.04 Å². The number of nitrogens with two attached hydrogens (primary N) is 1. The molecule has 0 saturated carbocycles. The second-order valence-corrected chi connectivity index (χ2v) is 4.86. The number of hydrogen-bond donors (Lipinski definition) is 1. The summed E-state index contributed by atoms with van der Waals surface area (Å²) in [4.78, 5) is 2.35. The van der Waals surface area contributed by atoms with Crippen molar-refractivity contribution in [2.45, 2.75) is 38.6 Å². The molecule has 17 heavy (non-hydrogen) atoms. The summed E-state index contributed by atoms with van der Waals surface area (Å²) in [7, 11) is 2.18. The maximum absolute atomic E-state index is 6.00. The molecule has 2 rings (SSSR count). The monoisotopic (exact) mass is 254 g/mol. The minimum absolute atomic E-state index is 0. The Labute approximate surface area is 111 Å². The predicted octanol–water partition coefficient (Wildman–Crippen LogP) is 2.77. The zero-order valence-electron chi connectivity index (χ0n) is 10.8. The van der Waals surface area contributed by atoms with Gasteiger partial charge in [0.05, 0.1) is 0 Å². The molecule has 2 N–H and O–H groups in total. The molecular weight excluding hydrogens is 232 g/mol. The molecule has 0 spiro atoms. The van der Waals surface area contributed by atoms with Gasteiger partial charge in [0.15, 0.2) is 0 Å². The van der Waals surface area contributed by atoms with Gasteiger partial charge >= 0.3 is 0 Å². The van der Waals surface area contributed by atoms with E-state index in [2.05, 4.69) is 37.1 Å². The standard InChI is InChI=1S/C14H22N2.ClH/c1-3-13(15)10-11-6-7-14-12(9-11)5-4-8-16(14)2;/h6-7,9,13H,3-5,8,10,15H2,1-2H3;1H. The van der Waals surface area contributed by atoms with E-state index < -0.39 is 0 Å². The summed E-state index contributed by atoms with van der Waals surface area (Å²) < 4.78 is 0. The van der Waals surface area contributed by atoms with Crippen molar-refractivity contribution >= 4 is 18.1 Å². The minimum Gasteiger partial charge on any atom is -0.374 e. The molecular formula is C14H23ClN2. The summed E-state index contributed by atoms with van der Waals surface area (Å²) in [5, 5.41) is 0. The zero-order chi connectivity index (χ0) is 11.5. The molecule has 0 aromatic heterocycles. The van der Waals surface area contributed by atoms with Crippen molar-refractivity contribution in [3.8, 4) is 0 Å². The highest BCUT2D eigenvalue weighted by atomic mass is 35.5. The average molecular weight is 255 g/mol. The van der Waals surface area contributed by atoms with E-state index in [1.165, 1.54) is 36.2 Å². The quantitative estimate of drug-likeness (QED) is 0.899. The first-order valence-corrected chi connectivity index (χ1v) is 6.29. The van der Waals surface area contributed by atoms with Gasteiger partial charge in [-0.05, 0) is 42.9 Å². The second-order valence-electron chi connectivity index (χ2n) is 4.86. The van der Waals surface area contributed by atoms with Gasteiger partial charge in [0.2, 0.25) is 0 Å². The van der Waals surface area contributed by atoms with Gasteiger partial charge in [-0.3, -0.25) is 0 Å². The number of halogens is 1. The molecule has 2 nitrogen and oxygen atoms in total. The van der Waals surface area contributed by atoms with E-state index in [1.807, 2.05) is 0 Å². The number of rotatable bonds is 3. The fourth-order valence-corrected chi connectivity index (χ4v) is 2.41. The van der Waals surface area contributed by atoms with Crippen LogP contribution in [0.3, 0.4) is 0 Å². The van der Waals surface area contributed by atoms with Crippen LogP contribution in [0.1, 0.15) is 30.9 Å². The molecule has 0 saturated heterocycles. The number of hydrogen-bond acceptors (Lipinski definition) is 2. The average Bonchev–Trinajstić information content (AvgIpc) is 2.29. The van der Waals surface area contributed by atoms with Gasteiger partial charge in [-0.2, -0.15) is 0 Å². The Hall–Kier alpha value is -0.730. The lowest BCUT2D eigenvalue weighted by Crippen LogP contribution is -2.25. The van der Waals surface area contributed by atoms with Gasteiger partial charge in [-0.15, -0.1) is 12.4 Å². The summed E-state index contributed by atoms with van der Waals surface area (Å²) in [5.41, 5.74) is 10.3. The maximum atomic E-state index is 6.00. The third kappa shape index (κ3) is 3.36. The second kappa shape index (κ2) is 6.27. The van der Waals surface area contributed by atoms with Gasteiger partial charge in [-0.1, -0.05) is 19.1 Å². The summed E-state index contributed by atoms with van der Waals surface area (Å²) in [6, 6.07) is 7.14. The summed E-state index contributed by atoms with van der Waals surface area (Å²) in [6.45, 7) is 3.33. The van der Waals surface area contributed by atoms with Crippen molar-refractivity contribution in [1.29, 1.82) is 0 Å².